The van der Waals surface area contributed by atoms with Gasteiger partial charge in [0.2, 0.25) is 0 Å². The summed E-state index contributed by atoms with van der Waals surface area (Å²) in [5, 5.41) is 9.13. The highest BCUT2D eigenvalue weighted by Gasteiger charge is 2.06. The van der Waals surface area contributed by atoms with Gasteiger partial charge >= 0.3 is 0 Å². The van der Waals surface area contributed by atoms with E-state index in [9.17, 15) is 0 Å². The standard InChI is InChI=1S/C13H17NS/c1-3-13(7-8-14)15-10-12-6-4-5-11(2)9-12/h4-6,9,13H,3,7,10H2,1-2H3. The van der Waals surface area contributed by atoms with Gasteiger partial charge in [-0.2, -0.15) is 17.0 Å². The summed E-state index contributed by atoms with van der Waals surface area (Å²) in [6.07, 6.45) is 1.73. The molecular formula is C13H17NS. The van der Waals surface area contributed by atoms with Gasteiger partial charge < -0.3 is 0 Å². The fraction of sp³-hybridized carbons (Fsp3) is 0.462. The minimum Gasteiger partial charge on any atom is -0.198 e. The van der Waals surface area contributed by atoms with Crippen LogP contribution in [0, 0.1) is 18.3 Å². The van der Waals surface area contributed by atoms with Gasteiger partial charge in [-0.25, -0.2) is 0 Å². The van der Waals surface area contributed by atoms with Crippen molar-refractivity contribution >= 4 is 11.8 Å². The van der Waals surface area contributed by atoms with Crippen LogP contribution in [-0.2, 0) is 5.75 Å². The Morgan fingerprint density at radius 1 is 1.47 bits per heavy atom. The van der Waals surface area contributed by atoms with Gasteiger partial charge in [-0.15, -0.1) is 0 Å². The van der Waals surface area contributed by atoms with Crippen molar-refractivity contribution in [1.29, 1.82) is 5.26 Å². The van der Waals surface area contributed by atoms with Crippen molar-refractivity contribution in [2.24, 2.45) is 0 Å². The lowest BCUT2D eigenvalue weighted by molar-refractivity contribution is 0.842. The third-order valence-corrected chi connectivity index (χ3v) is 3.81. The molecule has 0 amide bonds. The monoisotopic (exact) mass is 219 g/mol. The van der Waals surface area contributed by atoms with Crippen LogP contribution in [0.25, 0.3) is 0 Å². The molecule has 0 aliphatic carbocycles. The van der Waals surface area contributed by atoms with E-state index in [2.05, 4.69) is 44.2 Å². The van der Waals surface area contributed by atoms with E-state index in [1.165, 1.54) is 11.1 Å². The zero-order valence-corrected chi connectivity index (χ0v) is 10.2. The molecular weight excluding hydrogens is 202 g/mol. The predicted octanol–water partition coefficient (Wildman–Crippen LogP) is 3.92. The SMILES string of the molecule is CCC(CC#N)SCc1cccc(C)c1. The smallest absolute Gasteiger partial charge is 0.0633 e. The molecule has 0 N–H and O–H groups in total. The number of hydrogen-bond donors (Lipinski definition) is 0. The Balaban J connectivity index is 2.46. The lowest BCUT2D eigenvalue weighted by Crippen LogP contribution is -1.99. The topological polar surface area (TPSA) is 23.8 Å². The third-order valence-electron chi connectivity index (χ3n) is 2.34. The van der Waals surface area contributed by atoms with Crippen molar-refractivity contribution < 1.29 is 0 Å². The first-order chi connectivity index (χ1) is 7.26. The first-order valence-corrected chi connectivity index (χ1v) is 6.35. The van der Waals surface area contributed by atoms with Gasteiger partial charge in [0, 0.05) is 17.4 Å². The lowest BCUT2D eigenvalue weighted by atomic mass is 10.2. The normalized spacial score (nSPS) is 12.1. The Morgan fingerprint density at radius 3 is 2.87 bits per heavy atom. The van der Waals surface area contributed by atoms with E-state index in [4.69, 9.17) is 5.26 Å². The molecule has 0 aromatic heterocycles. The minimum atomic E-state index is 0.482. The molecule has 1 nitrogen and oxygen atoms in total. The van der Waals surface area contributed by atoms with E-state index in [-0.39, 0.29) is 0 Å². The number of nitrogens with zero attached hydrogens (tertiary/aromatic N) is 1. The van der Waals surface area contributed by atoms with Crippen molar-refractivity contribution in [1.82, 2.24) is 0 Å². The molecule has 0 fully saturated rings. The van der Waals surface area contributed by atoms with Gasteiger partial charge in [0.25, 0.3) is 0 Å². The maximum atomic E-state index is 8.65. The van der Waals surface area contributed by atoms with Gasteiger partial charge in [0.1, 0.15) is 0 Å². The molecule has 1 aromatic rings. The van der Waals surface area contributed by atoms with E-state index in [1.54, 1.807) is 0 Å². The Hall–Kier alpha value is -0.940. The van der Waals surface area contributed by atoms with Crippen molar-refractivity contribution in [2.45, 2.75) is 37.7 Å². The van der Waals surface area contributed by atoms with Crippen LogP contribution >= 0.6 is 11.8 Å². The largest absolute Gasteiger partial charge is 0.198 e. The highest BCUT2D eigenvalue weighted by atomic mass is 32.2. The Labute approximate surface area is 96.5 Å². The zero-order chi connectivity index (χ0) is 11.1. The Bertz CT molecular complexity index is 341. The van der Waals surface area contributed by atoms with Crippen LogP contribution in [0.3, 0.4) is 0 Å². The summed E-state index contributed by atoms with van der Waals surface area (Å²) in [6, 6.07) is 10.8. The van der Waals surface area contributed by atoms with Crippen LogP contribution in [0.4, 0.5) is 0 Å². The van der Waals surface area contributed by atoms with E-state index < -0.39 is 0 Å². The highest BCUT2D eigenvalue weighted by Crippen LogP contribution is 2.22. The molecule has 0 saturated heterocycles. The Kier molecular flexibility index (Phi) is 5.28. The molecule has 0 radical (unpaired) electrons. The summed E-state index contributed by atoms with van der Waals surface area (Å²) in [7, 11) is 0. The second-order valence-electron chi connectivity index (χ2n) is 3.69. The molecule has 0 aliphatic rings. The average Bonchev–Trinajstić information content (AvgIpc) is 2.24. The molecule has 2 heteroatoms. The lowest BCUT2D eigenvalue weighted by Gasteiger charge is -2.10. The molecule has 1 aromatic carbocycles. The molecule has 0 heterocycles. The molecule has 1 rings (SSSR count). The molecule has 0 saturated carbocycles. The van der Waals surface area contributed by atoms with Gasteiger partial charge in [0.05, 0.1) is 6.07 Å². The second-order valence-corrected chi connectivity index (χ2v) is 4.98. The highest BCUT2D eigenvalue weighted by molar-refractivity contribution is 7.99. The van der Waals surface area contributed by atoms with Gasteiger partial charge in [-0.05, 0) is 18.9 Å². The zero-order valence-electron chi connectivity index (χ0n) is 9.36. The molecule has 0 aliphatic heterocycles. The number of thioether (sulfide) groups is 1. The summed E-state index contributed by atoms with van der Waals surface area (Å²) in [5.41, 5.74) is 2.66. The van der Waals surface area contributed by atoms with Gasteiger partial charge in [0.15, 0.2) is 0 Å². The fourth-order valence-electron chi connectivity index (χ4n) is 1.44. The molecule has 1 atom stereocenters. The second kappa shape index (κ2) is 6.53. The van der Waals surface area contributed by atoms with E-state index in [0.29, 0.717) is 11.7 Å². The van der Waals surface area contributed by atoms with Crippen LogP contribution < -0.4 is 0 Å². The molecule has 15 heavy (non-hydrogen) atoms. The summed E-state index contributed by atoms with van der Waals surface area (Å²) >= 11 is 1.89. The van der Waals surface area contributed by atoms with Crippen LogP contribution in [0.5, 0.6) is 0 Å². The summed E-state index contributed by atoms with van der Waals surface area (Å²) in [6.45, 7) is 4.26. The van der Waals surface area contributed by atoms with Crippen LogP contribution in [0.2, 0.25) is 0 Å². The maximum Gasteiger partial charge on any atom is 0.0633 e. The van der Waals surface area contributed by atoms with Crippen molar-refractivity contribution in [3.8, 4) is 6.07 Å². The Morgan fingerprint density at radius 2 is 2.27 bits per heavy atom. The van der Waals surface area contributed by atoms with Crippen LogP contribution in [0.1, 0.15) is 30.9 Å². The molecule has 0 spiro atoms. The van der Waals surface area contributed by atoms with Crippen molar-refractivity contribution in [2.75, 3.05) is 0 Å². The minimum absolute atomic E-state index is 0.482. The van der Waals surface area contributed by atoms with Crippen molar-refractivity contribution in [3.05, 3.63) is 35.4 Å². The summed E-state index contributed by atoms with van der Waals surface area (Å²) in [4.78, 5) is 0. The summed E-state index contributed by atoms with van der Waals surface area (Å²) in [5.74, 6) is 1.02. The van der Waals surface area contributed by atoms with Gasteiger partial charge in [-0.1, -0.05) is 36.8 Å². The third kappa shape index (κ3) is 4.40. The van der Waals surface area contributed by atoms with Crippen LogP contribution in [0.15, 0.2) is 24.3 Å². The quantitative estimate of drug-likeness (QED) is 0.749. The molecule has 1 unspecified atom stereocenters. The first-order valence-electron chi connectivity index (χ1n) is 5.30. The number of rotatable bonds is 5. The van der Waals surface area contributed by atoms with E-state index in [0.717, 1.165) is 12.2 Å². The van der Waals surface area contributed by atoms with Crippen LogP contribution in [-0.4, -0.2) is 5.25 Å². The number of hydrogen-bond acceptors (Lipinski definition) is 2. The number of benzene rings is 1. The first kappa shape index (κ1) is 12.1. The van der Waals surface area contributed by atoms with E-state index in [1.807, 2.05) is 11.8 Å². The summed E-state index contributed by atoms with van der Waals surface area (Å²) < 4.78 is 0. The molecule has 0 bridgehead atoms. The van der Waals surface area contributed by atoms with Gasteiger partial charge in [-0.3, -0.25) is 0 Å². The number of aryl methyl sites for hydroxylation is 1. The number of nitriles is 1. The maximum absolute atomic E-state index is 8.65. The fourth-order valence-corrected chi connectivity index (χ4v) is 2.47. The predicted molar refractivity (Wildman–Crippen MR) is 66.8 cm³/mol. The molecule has 80 valence electrons. The van der Waals surface area contributed by atoms with E-state index >= 15 is 0 Å². The average molecular weight is 219 g/mol. The van der Waals surface area contributed by atoms with Crippen molar-refractivity contribution in [3.63, 3.8) is 0 Å².